The van der Waals surface area contributed by atoms with Crippen LogP contribution in [0.3, 0.4) is 0 Å². The third kappa shape index (κ3) is 2.40. The van der Waals surface area contributed by atoms with E-state index in [0.29, 0.717) is 17.7 Å². The highest BCUT2D eigenvalue weighted by Gasteiger charge is 2.19. The molecule has 94 valence electrons. The first-order valence-electron chi connectivity index (χ1n) is 5.88. The molecule has 2 rings (SSSR count). The van der Waals surface area contributed by atoms with E-state index in [2.05, 4.69) is 4.98 Å². The summed E-state index contributed by atoms with van der Waals surface area (Å²) in [5.41, 5.74) is -0.00305. The van der Waals surface area contributed by atoms with Crippen LogP contribution in [-0.2, 0) is 0 Å². The summed E-state index contributed by atoms with van der Waals surface area (Å²) in [5.74, 6) is 0.314. The van der Waals surface area contributed by atoms with E-state index >= 15 is 0 Å². The van der Waals surface area contributed by atoms with Gasteiger partial charge in [0.1, 0.15) is 0 Å². The maximum atomic E-state index is 11.2. The van der Waals surface area contributed by atoms with Gasteiger partial charge in [-0.15, -0.1) is 0 Å². The molecular formula is C13H14N2O3. The number of aromatic nitrogens is 1. The van der Waals surface area contributed by atoms with Crippen LogP contribution in [0.5, 0.6) is 5.75 Å². The molecule has 0 fully saturated rings. The lowest BCUT2D eigenvalue weighted by atomic mass is 10.1. The molecule has 1 aromatic carbocycles. The lowest BCUT2D eigenvalue weighted by Gasteiger charge is -2.07. The van der Waals surface area contributed by atoms with Gasteiger partial charge in [0.2, 0.25) is 0 Å². The van der Waals surface area contributed by atoms with Gasteiger partial charge in [0.15, 0.2) is 5.75 Å². The number of hydrogen-bond acceptors (Lipinski definition) is 4. The zero-order valence-corrected chi connectivity index (χ0v) is 10.1. The van der Waals surface area contributed by atoms with Crippen LogP contribution < -0.4 is 4.74 Å². The highest BCUT2D eigenvalue weighted by Crippen LogP contribution is 2.34. The highest BCUT2D eigenvalue weighted by atomic mass is 16.6. The number of benzene rings is 1. The molecule has 1 aromatic heterocycles. The lowest BCUT2D eigenvalue weighted by Crippen LogP contribution is -2.00. The van der Waals surface area contributed by atoms with Gasteiger partial charge in [0, 0.05) is 12.4 Å². The van der Waals surface area contributed by atoms with Crippen LogP contribution in [-0.4, -0.2) is 16.5 Å². The third-order valence-corrected chi connectivity index (χ3v) is 2.70. The molecule has 0 atom stereocenters. The van der Waals surface area contributed by atoms with Crippen LogP contribution in [0.1, 0.15) is 19.8 Å². The van der Waals surface area contributed by atoms with E-state index < -0.39 is 4.92 Å². The topological polar surface area (TPSA) is 65.3 Å². The molecule has 1 heterocycles. The summed E-state index contributed by atoms with van der Waals surface area (Å²) in [6.45, 7) is 2.53. The Morgan fingerprint density at radius 1 is 1.39 bits per heavy atom. The molecule has 0 unspecified atom stereocenters. The predicted molar refractivity (Wildman–Crippen MR) is 68.8 cm³/mol. The minimum absolute atomic E-state index is 0.00305. The van der Waals surface area contributed by atoms with Crippen LogP contribution in [0.15, 0.2) is 30.6 Å². The molecule has 0 aliphatic heterocycles. The quantitative estimate of drug-likeness (QED) is 0.461. The second kappa shape index (κ2) is 5.44. The second-order valence-electron chi connectivity index (χ2n) is 3.97. The first kappa shape index (κ1) is 12.3. The molecule has 0 saturated heterocycles. The monoisotopic (exact) mass is 246 g/mol. The fraction of sp³-hybridized carbons (Fsp3) is 0.308. The summed E-state index contributed by atoms with van der Waals surface area (Å²) in [6.07, 6.45) is 4.98. The number of nitrogens with zero attached hydrogens (tertiary/aromatic N) is 2. The maximum absolute atomic E-state index is 11.2. The van der Waals surface area contributed by atoms with Gasteiger partial charge < -0.3 is 4.74 Å². The number of hydrogen-bond donors (Lipinski definition) is 0. The summed E-state index contributed by atoms with van der Waals surface area (Å²) in [7, 11) is 0. The van der Waals surface area contributed by atoms with Crippen molar-refractivity contribution in [1.82, 2.24) is 4.98 Å². The molecule has 0 radical (unpaired) electrons. The normalized spacial score (nSPS) is 10.5. The van der Waals surface area contributed by atoms with Crippen molar-refractivity contribution in [3.63, 3.8) is 0 Å². The highest BCUT2D eigenvalue weighted by molar-refractivity contribution is 5.92. The number of rotatable bonds is 5. The SMILES string of the molecule is CCCCOc1ccc2ccncc2c1[N+](=O)[O-]. The summed E-state index contributed by atoms with van der Waals surface area (Å²) in [5, 5.41) is 12.5. The Kier molecular flexibility index (Phi) is 3.72. The Balaban J connectivity index is 2.46. The lowest BCUT2D eigenvalue weighted by molar-refractivity contribution is -0.384. The number of nitro benzene ring substituents is 1. The van der Waals surface area contributed by atoms with Gasteiger partial charge in [-0.3, -0.25) is 15.1 Å². The summed E-state index contributed by atoms with van der Waals surface area (Å²) in [6, 6.07) is 5.21. The van der Waals surface area contributed by atoms with Crippen molar-refractivity contribution in [3.8, 4) is 5.75 Å². The molecule has 5 heteroatoms. The smallest absolute Gasteiger partial charge is 0.320 e. The number of fused-ring (bicyclic) bond motifs is 1. The average molecular weight is 246 g/mol. The Morgan fingerprint density at radius 2 is 2.22 bits per heavy atom. The van der Waals surface area contributed by atoms with Crippen LogP contribution in [0, 0.1) is 10.1 Å². The van der Waals surface area contributed by atoms with Crippen molar-refractivity contribution in [2.75, 3.05) is 6.61 Å². The minimum Gasteiger partial charge on any atom is -0.487 e. The Labute approximate surface area is 105 Å². The zero-order valence-electron chi connectivity index (χ0n) is 10.1. The van der Waals surface area contributed by atoms with Gasteiger partial charge in [-0.2, -0.15) is 0 Å². The Bertz CT molecular complexity index is 569. The van der Waals surface area contributed by atoms with Gasteiger partial charge in [-0.1, -0.05) is 19.4 Å². The standard InChI is InChI=1S/C13H14N2O3/c1-2-3-8-18-12-5-4-10-6-7-14-9-11(10)13(12)15(16)17/h4-7,9H,2-3,8H2,1H3. The Hall–Kier alpha value is -2.17. The molecule has 0 saturated carbocycles. The van der Waals surface area contributed by atoms with Crippen molar-refractivity contribution >= 4 is 16.5 Å². The van der Waals surface area contributed by atoms with E-state index in [0.717, 1.165) is 18.2 Å². The van der Waals surface area contributed by atoms with Gasteiger partial charge >= 0.3 is 5.69 Å². The Morgan fingerprint density at radius 3 is 2.94 bits per heavy atom. The van der Waals surface area contributed by atoms with Crippen molar-refractivity contribution < 1.29 is 9.66 Å². The minimum atomic E-state index is -0.411. The summed E-state index contributed by atoms with van der Waals surface area (Å²) < 4.78 is 5.48. The van der Waals surface area contributed by atoms with Crippen LogP contribution in [0.25, 0.3) is 10.8 Å². The molecule has 0 aliphatic carbocycles. The third-order valence-electron chi connectivity index (χ3n) is 2.70. The van der Waals surface area contributed by atoms with Gasteiger partial charge in [0.05, 0.1) is 16.9 Å². The average Bonchev–Trinajstić information content (AvgIpc) is 2.38. The maximum Gasteiger partial charge on any atom is 0.320 e. The first-order valence-corrected chi connectivity index (χ1v) is 5.88. The molecule has 0 amide bonds. The van der Waals surface area contributed by atoms with Gasteiger partial charge in [-0.05, 0) is 23.9 Å². The number of pyridine rings is 1. The first-order chi connectivity index (χ1) is 8.74. The van der Waals surface area contributed by atoms with E-state index in [-0.39, 0.29) is 5.69 Å². The molecule has 2 aromatic rings. The second-order valence-corrected chi connectivity index (χ2v) is 3.97. The zero-order chi connectivity index (χ0) is 13.0. The van der Waals surface area contributed by atoms with E-state index in [9.17, 15) is 10.1 Å². The fourth-order valence-electron chi connectivity index (χ4n) is 1.76. The van der Waals surface area contributed by atoms with Crippen molar-refractivity contribution in [3.05, 3.63) is 40.7 Å². The van der Waals surface area contributed by atoms with Crippen molar-refractivity contribution in [1.29, 1.82) is 0 Å². The molecular weight excluding hydrogens is 232 g/mol. The van der Waals surface area contributed by atoms with E-state index in [1.165, 1.54) is 6.20 Å². The van der Waals surface area contributed by atoms with Crippen LogP contribution in [0.2, 0.25) is 0 Å². The molecule has 0 spiro atoms. The van der Waals surface area contributed by atoms with Gasteiger partial charge in [-0.25, -0.2) is 0 Å². The summed E-state index contributed by atoms with van der Waals surface area (Å²) >= 11 is 0. The summed E-state index contributed by atoms with van der Waals surface area (Å²) in [4.78, 5) is 14.7. The van der Waals surface area contributed by atoms with Crippen molar-refractivity contribution in [2.24, 2.45) is 0 Å². The molecule has 5 nitrogen and oxygen atoms in total. The van der Waals surface area contributed by atoms with Crippen LogP contribution in [0.4, 0.5) is 5.69 Å². The number of nitro groups is 1. The van der Waals surface area contributed by atoms with Crippen molar-refractivity contribution in [2.45, 2.75) is 19.8 Å². The van der Waals surface area contributed by atoms with E-state index in [1.807, 2.05) is 13.0 Å². The van der Waals surface area contributed by atoms with E-state index in [1.54, 1.807) is 18.3 Å². The van der Waals surface area contributed by atoms with E-state index in [4.69, 9.17) is 4.74 Å². The number of ether oxygens (including phenoxy) is 1. The largest absolute Gasteiger partial charge is 0.487 e. The molecule has 0 N–H and O–H groups in total. The fourth-order valence-corrected chi connectivity index (χ4v) is 1.76. The van der Waals surface area contributed by atoms with Gasteiger partial charge in [0.25, 0.3) is 0 Å². The molecule has 0 aliphatic rings. The predicted octanol–water partition coefficient (Wildman–Crippen LogP) is 3.32. The molecule has 18 heavy (non-hydrogen) atoms. The van der Waals surface area contributed by atoms with Crippen LogP contribution >= 0.6 is 0 Å². The number of unbranched alkanes of at least 4 members (excludes halogenated alkanes) is 1. The molecule has 0 bridgehead atoms.